The Bertz CT molecular complexity index is 177. The van der Waals surface area contributed by atoms with Crippen LogP contribution in [0.3, 0.4) is 0 Å². The van der Waals surface area contributed by atoms with Gasteiger partial charge in [-0.3, -0.25) is 0 Å². The Hall–Kier alpha value is -0.380. The van der Waals surface area contributed by atoms with Crippen LogP contribution in [-0.2, 0) is 9.47 Å². The highest BCUT2D eigenvalue weighted by Gasteiger charge is 2.36. The minimum atomic E-state index is -0.540. The molecule has 0 saturated carbocycles. The van der Waals surface area contributed by atoms with Crippen molar-refractivity contribution in [2.45, 2.75) is 31.5 Å². The Labute approximate surface area is 79.3 Å². The molecule has 2 atom stereocenters. The minimum absolute atomic E-state index is 0.439. The Kier molecular flexibility index (Phi) is 3.90. The largest absolute Gasteiger partial charge is 0.390 e. The number of aliphatic hydroxyl groups excluding tert-OH is 1. The molecule has 0 aromatic heterocycles. The lowest BCUT2D eigenvalue weighted by Gasteiger charge is -2.34. The van der Waals surface area contributed by atoms with Gasteiger partial charge in [0.05, 0.1) is 19.3 Å². The van der Waals surface area contributed by atoms with Gasteiger partial charge in [-0.25, -0.2) is 0 Å². The fourth-order valence-electron chi connectivity index (χ4n) is 1.55. The van der Waals surface area contributed by atoms with E-state index in [9.17, 15) is 5.11 Å². The Morgan fingerprint density at radius 3 is 3.00 bits per heavy atom. The first-order valence-corrected chi connectivity index (χ1v) is 4.67. The van der Waals surface area contributed by atoms with Gasteiger partial charge in [-0.15, -0.1) is 0 Å². The highest BCUT2D eigenvalue weighted by molar-refractivity contribution is 4.98. The normalized spacial score (nSPS) is 31.3. The molecule has 0 aromatic rings. The molecule has 0 aromatic carbocycles. The summed E-state index contributed by atoms with van der Waals surface area (Å²) in [7, 11) is 1.63. The summed E-state index contributed by atoms with van der Waals surface area (Å²) in [5.41, 5.74) is -0.540. The van der Waals surface area contributed by atoms with Crippen molar-refractivity contribution in [3.8, 4) is 0 Å². The number of hydrogen-bond donors (Lipinski definition) is 1. The Morgan fingerprint density at radius 1 is 1.62 bits per heavy atom. The van der Waals surface area contributed by atoms with Crippen molar-refractivity contribution >= 4 is 0 Å². The molecule has 0 spiro atoms. The molecule has 13 heavy (non-hydrogen) atoms. The van der Waals surface area contributed by atoms with Crippen molar-refractivity contribution in [3.05, 3.63) is 12.2 Å². The maximum absolute atomic E-state index is 9.64. The summed E-state index contributed by atoms with van der Waals surface area (Å²) in [6, 6.07) is 0. The first kappa shape index (κ1) is 10.7. The quantitative estimate of drug-likeness (QED) is 0.671. The van der Waals surface area contributed by atoms with Crippen molar-refractivity contribution < 1.29 is 14.6 Å². The second kappa shape index (κ2) is 4.74. The van der Waals surface area contributed by atoms with Gasteiger partial charge in [0.1, 0.15) is 5.60 Å². The zero-order valence-corrected chi connectivity index (χ0v) is 8.32. The Morgan fingerprint density at radius 2 is 2.38 bits per heavy atom. The van der Waals surface area contributed by atoms with Crippen LogP contribution in [0.1, 0.15) is 19.8 Å². The highest BCUT2D eigenvalue weighted by Crippen LogP contribution is 2.24. The average molecular weight is 186 g/mol. The molecule has 0 fully saturated rings. The monoisotopic (exact) mass is 186 g/mol. The van der Waals surface area contributed by atoms with Gasteiger partial charge in [-0.05, 0) is 19.8 Å². The predicted molar refractivity (Wildman–Crippen MR) is 50.6 cm³/mol. The summed E-state index contributed by atoms with van der Waals surface area (Å²) < 4.78 is 10.7. The van der Waals surface area contributed by atoms with Crippen molar-refractivity contribution in [3.63, 3.8) is 0 Å². The van der Waals surface area contributed by atoms with E-state index in [4.69, 9.17) is 9.47 Å². The van der Waals surface area contributed by atoms with Crippen LogP contribution in [0.25, 0.3) is 0 Å². The molecule has 0 bridgehead atoms. The van der Waals surface area contributed by atoms with E-state index in [0.717, 1.165) is 12.8 Å². The van der Waals surface area contributed by atoms with Crippen LogP contribution >= 0.6 is 0 Å². The molecule has 0 saturated heterocycles. The molecule has 1 aliphatic heterocycles. The smallest absolute Gasteiger partial charge is 0.120 e. The van der Waals surface area contributed by atoms with Gasteiger partial charge >= 0.3 is 0 Å². The summed E-state index contributed by atoms with van der Waals surface area (Å²) in [4.78, 5) is 0. The third-order valence-electron chi connectivity index (χ3n) is 2.45. The van der Waals surface area contributed by atoms with E-state index in [1.165, 1.54) is 0 Å². The van der Waals surface area contributed by atoms with Gasteiger partial charge < -0.3 is 14.6 Å². The summed E-state index contributed by atoms with van der Waals surface area (Å²) in [5.74, 6) is 0. The Balaban J connectivity index is 2.68. The van der Waals surface area contributed by atoms with Gasteiger partial charge in [-0.2, -0.15) is 0 Å². The van der Waals surface area contributed by atoms with E-state index < -0.39 is 11.7 Å². The van der Waals surface area contributed by atoms with Crippen LogP contribution in [0.2, 0.25) is 0 Å². The molecule has 1 N–H and O–H groups in total. The molecule has 1 heterocycles. The van der Waals surface area contributed by atoms with Crippen molar-refractivity contribution in [2.75, 3.05) is 20.3 Å². The number of methoxy groups -OCH3 is 1. The first-order valence-electron chi connectivity index (χ1n) is 4.67. The van der Waals surface area contributed by atoms with Crippen LogP contribution < -0.4 is 0 Å². The fraction of sp³-hybridized carbons (Fsp3) is 0.800. The standard InChI is InChI=1S/C10H18O3/c1-9(11)10(8-12-2)6-4-3-5-7-13-10/h3-4,9,11H,5-8H2,1-2H3/t9-,10-/m0/s1. The van der Waals surface area contributed by atoms with Crippen LogP contribution in [0.5, 0.6) is 0 Å². The number of hydrogen-bond acceptors (Lipinski definition) is 3. The van der Waals surface area contributed by atoms with E-state index in [1.807, 2.05) is 0 Å². The molecule has 0 amide bonds. The van der Waals surface area contributed by atoms with Gasteiger partial charge in [-0.1, -0.05) is 12.2 Å². The van der Waals surface area contributed by atoms with Crippen LogP contribution in [0, 0.1) is 0 Å². The molecule has 0 aliphatic carbocycles. The maximum atomic E-state index is 9.64. The topological polar surface area (TPSA) is 38.7 Å². The van der Waals surface area contributed by atoms with E-state index >= 15 is 0 Å². The van der Waals surface area contributed by atoms with Crippen LogP contribution in [-0.4, -0.2) is 37.1 Å². The van der Waals surface area contributed by atoms with E-state index in [-0.39, 0.29) is 0 Å². The number of aliphatic hydroxyl groups is 1. The summed E-state index contributed by atoms with van der Waals surface area (Å²) >= 11 is 0. The second-order valence-corrected chi connectivity index (χ2v) is 3.49. The highest BCUT2D eigenvalue weighted by atomic mass is 16.5. The minimum Gasteiger partial charge on any atom is -0.390 e. The zero-order valence-electron chi connectivity index (χ0n) is 8.32. The predicted octanol–water partition coefficient (Wildman–Crippen LogP) is 1.12. The molecule has 76 valence electrons. The summed E-state index contributed by atoms with van der Waals surface area (Å²) in [5, 5.41) is 9.64. The number of ether oxygens (including phenoxy) is 2. The van der Waals surface area contributed by atoms with Gasteiger partial charge in [0.15, 0.2) is 0 Å². The van der Waals surface area contributed by atoms with Gasteiger partial charge in [0, 0.05) is 7.11 Å². The third-order valence-corrected chi connectivity index (χ3v) is 2.45. The first-order chi connectivity index (χ1) is 6.21. The van der Waals surface area contributed by atoms with Gasteiger partial charge in [0.25, 0.3) is 0 Å². The number of rotatable bonds is 3. The lowest BCUT2D eigenvalue weighted by Crippen LogP contribution is -2.46. The van der Waals surface area contributed by atoms with E-state index in [1.54, 1.807) is 14.0 Å². The zero-order chi connectivity index (χ0) is 9.73. The van der Waals surface area contributed by atoms with Crippen LogP contribution in [0.4, 0.5) is 0 Å². The molecule has 1 rings (SSSR count). The van der Waals surface area contributed by atoms with E-state index in [0.29, 0.717) is 13.2 Å². The summed E-state index contributed by atoms with van der Waals surface area (Å²) in [6.07, 6.45) is 5.27. The fourth-order valence-corrected chi connectivity index (χ4v) is 1.55. The molecular formula is C10H18O3. The average Bonchev–Trinajstić information content (AvgIpc) is 2.31. The molecule has 0 radical (unpaired) electrons. The van der Waals surface area contributed by atoms with Crippen molar-refractivity contribution in [1.82, 2.24) is 0 Å². The molecule has 3 nitrogen and oxygen atoms in total. The SMILES string of the molecule is COC[C@]1([C@H](C)O)CC=CCCO1. The van der Waals surface area contributed by atoms with Crippen molar-refractivity contribution in [2.24, 2.45) is 0 Å². The van der Waals surface area contributed by atoms with Crippen molar-refractivity contribution in [1.29, 1.82) is 0 Å². The third kappa shape index (κ3) is 2.53. The molecule has 1 aliphatic rings. The van der Waals surface area contributed by atoms with Crippen LogP contribution in [0.15, 0.2) is 12.2 Å². The molecular weight excluding hydrogens is 168 g/mol. The second-order valence-electron chi connectivity index (χ2n) is 3.49. The maximum Gasteiger partial charge on any atom is 0.120 e. The van der Waals surface area contributed by atoms with E-state index in [2.05, 4.69) is 12.2 Å². The lowest BCUT2D eigenvalue weighted by molar-refractivity contribution is -0.143. The van der Waals surface area contributed by atoms with Gasteiger partial charge in [0.2, 0.25) is 0 Å². The summed E-state index contributed by atoms with van der Waals surface area (Å²) in [6.45, 7) is 2.85. The molecule has 0 unspecified atom stereocenters. The molecule has 3 heteroatoms. The lowest BCUT2D eigenvalue weighted by atomic mass is 9.94.